The monoisotopic (exact) mass is 418 g/mol. The molecule has 29 heavy (non-hydrogen) atoms. The minimum absolute atomic E-state index is 0.148. The van der Waals surface area contributed by atoms with Crippen molar-refractivity contribution >= 4 is 17.5 Å². The van der Waals surface area contributed by atoms with E-state index >= 15 is 0 Å². The summed E-state index contributed by atoms with van der Waals surface area (Å²) in [5, 5.41) is 4.13. The summed E-state index contributed by atoms with van der Waals surface area (Å²) in [7, 11) is 0. The Morgan fingerprint density at radius 2 is 1.69 bits per heavy atom. The largest absolute Gasteiger partial charge is 0.381 e. The van der Waals surface area contributed by atoms with Crippen molar-refractivity contribution < 1.29 is 9.53 Å². The van der Waals surface area contributed by atoms with Crippen molar-refractivity contribution in [1.82, 2.24) is 10.2 Å². The minimum Gasteiger partial charge on any atom is -0.381 e. The number of amides is 1. The molecule has 0 aromatic heterocycles. The molecule has 0 bridgehead atoms. The fourth-order valence-electron chi connectivity index (χ4n) is 5.75. The lowest BCUT2D eigenvalue weighted by Gasteiger charge is -2.49. The van der Waals surface area contributed by atoms with E-state index in [1.54, 1.807) is 0 Å². The Balaban J connectivity index is 1.53. The number of hydrogen-bond acceptors (Lipinski definition) is 3. The van der Waals surface area contributed by atoms with E-state index in [1.807, 2.05) is 18.2 Å². The maximum absolute atomic E-state index is 13.7. The minimum atomic E-state index is -0.527. The van der Waals surface area contributed by atoms with Gasteiger partial charge in [-0.3, -0.25) is 9.69 Å². The molecule has 0 atom stereocenters. The van der Waals surface area contributed by atoms with Crippen LogP contribution in [0.15, 0.2) is 24.3 Å². The van der Waals surface area contributed by atoms with Gasteiger partial charge in [0.2, 0.25) is 5.91 Å². The number of rotatable bonds is 5. The Morgan fingerprint density at radius 1 is 1.00 bits per heavy atom. The van der Waals surface area contributed by atoms with Crippen LogP contribution in [-0.2, 0) is 14.9 Å². The molecule has 0 unspecified atom stereocenters. The van der Waals surface area contributed by atoms with Gasteiger partial charge in [0.15, 0.2) is 0 Å². The molecule has 2 heterocycles. The third-order valence-corrected chi connectivity index (χ3v) is 7.78. The van der Waals surface area contributed by atoms with E-state index in [0.717, 1.165) is 24.9 Å². The van der Waals surface area contributed by atoms with Crippen LogP contribution >= 0.6 is 11.6 Å². The number of carbonyl (C=O) groups excluding carboxylic acids is 1. The van der Waals surface area contributed by atoms with E-state index in [2.05, 4.69) is 16.3 Å². The third-order valence-electron chi connectivity index (χ3n) is 7.55. The van der Waals surface area contributed by atoms with E-state index in [-0.39, 0.29) is 11.4 Å². The van der Waals surface area contributed by atoms with Crippen LogP contribution < -0.4 is 5.32 Å². The molecule has 1 aliphatic carbocycles. The van der Waals surface area contributed by atoms with Gasteiger partial charge in [-0.2, -0.15) is 0 Å². The van der Waals surface area contributed by atoms with Crippen molar-refractivity contribution in [2.75, 3.05) is 32.8 Å². The van der Waals surface area contributed by atoms with Crippen molar-refractivity contribution in [3.05, 3.63) is 34.9 Å². The second kappa shape index (κ2) is 9.36. The van der Waals surface area contributed by atoms with Crippen LogP contribution in [0.4, 0.5) is 0 Å². The summed E-state index contributed by atoms with van der Waals surface area (Å²) in [5.74, 6) is 0.157. The summed E-state index contributed by atoms with van der Waals surface area (Å²) >= 11 is 6.28. The number of benzene rings is 1. The van der Waals surface area contributed by atoms with Gasteiger partial charge >= 0.3 is 0 Å². The summed E-state index contributed by atoms with van der Waals surface area (Å²) < 4.78 is 5.61. The lowest BCUT2D eigenvalue weighted by Crippen LogP contribution is -2.60. The lowest BCUT2D eigenvalue weighted by molar-refractivity contribution is -0.131. The van der Waals surface area contributed by atoms with Gasteiger partial charge in [-0.15, -0.1) is 0 Å². The van der Waals surface area contributed by atoms with E-state index in [4.69, 9.17) is 16.3 Å². The molecule has 0 radical (unpaired) electrons. The van der Waals surface area contributed by atoms with Gasteiger partial charge < -0.3 is 10.1 Å². The topological polar surface area (TPSA) is 41.6 Å². The van der Waals surface area contributed by atoms with Gasteiger partial charge in [0.25, 0.3) is 0 Å². The molecule has 3 aliphatic rings. The van der Waals surface area contributed by atoms with Crippen LogP contribution in [0.2, 0.25) is 5.02 Å². The Labute approximate surface area is 180 Å². The van der Waals surface area contributed by atoms with Crippen LogP contribution in [0, 0.1) is 0 Å². The molecule has 1 amide bonds. The van der Waals surface area contributed by atoms with Crippen LogP contribution in [0.5, 0.6) is 0 Å². The Kier molecular flexibility index (Phi) is 6.83. The fourth-order valence-corrected chi connectivity index (χ4v) is 5.94. The highest BCUT2D eigenvalue weighted by Gasteiger charge is 2.44. The maximum atomic E-state index is 13.7. The number of ether oxygens (including phenoxy) is 1. The summed E-state index contributed by atoms with van der Waals surface area (Å²) in [6.07, 6.45) is 11.7. The van der Waals surface area contributed by atoms with E-state index in [9.17, 15) is 4.79 Å². The molecule has 1 aromatic rings. The zero-order valence-electron chi connectivity index (χ0n) is 17.6. The molecule has 1 saturated carbocycles. The Hall–Kier alpha value is -1.10. The number of piperidine rings is 1. The zero-order valence-corrected chi connectivity index (χ0v) is 18.3. The molecule has 2 aliphatic heterocycles. The van der Waals surface area contributed by atoms with E-state index < -0.39 is 5.41 Å². The summed E-state index contributed by atoms with van der Waals surface area (Å²) in [6, 6.07) is 7.85. The fraction of sp³-hybridized carbons (Fsp3) is 0.708. The molecular formula is C24H35ClN2O2. The maximum Gasteiger partial charge on any atom is 0.230 e. The number of nitrogens with one attached hydrogen (secondary N) is 1. The molecule has 1 aromatic carbocycles. The predicted molar refractivity (Wildman–Crippen MR) is 117 cm³/mol. The molecule has 4 nitrogen and oxygen atoms in total. The Morgan fingerprint density at radius 3 is 2.38 bits per heavy atom. The first-order valence-electron chi connectivity index (χ1n) is 11.5. The molecule has 2 saturated heterocycles. The summed E-state index contributed by atoms with van der Waals surface area (Å²) in [6.45, 7) is 4.38. The number of carbonyl (C=O) groups is 1. The van der Waals surface area contributed by atoms with Gasteiger partial charge in [-0.25, -0.2) is 0 Å². The highest BCUT2D eigenvalue weighted by atomic mass is 35.5. The van der Waals surface area contributed by atoms with Crippen molar-refractivity contribution in [2.45, 2.75) is 75.2 Å². The van der Waals surface area contributed by atoms with Gasteiger partial charge in [0, 0.05) is 30.3 Å². The second-order valence-electron chi connectivity index (χ2n) is 9.22. The third kappa shape index (κ3) is 4.50. The number of hydrogen-bond donors (Lipinski definition) is 1. The van der Waals surface area contributed by atoms with E-state index in [1.165, 1.54) is 64.5 Å². The summed E-state index contributed by atoms with van der Waals surface area (Å²) in [5.41, 5.74) is 0.650. The SMILES string of the molecule is O=C(NCC1(N2CCCCC2)CCCCC1)C1(c2cccc(Cl)c2)CCOCC1. The van der Waals surface area contributed by atoms with Gasteiger partial charge in [-0.1, -0.05) is 49.4 Å². The van der Waals surface area contributed by atoms with Crippen molar-refractivity contribution in [2.24, 2.45) is 0 Å². The van der Waals surface area contributed by atoms with Crippen molar-refractivity contribution in [3.63, 3.8) is 0 Å². The first-order valence-corrected chi connectivity index (χ1v) is 11.9. The van der Waals surface area contributed by atoms with Gasteiger partial charge in [0.05, 0.1) is 5.41 Å². The first kappa shape index (κ1) is 21.1. The van der Waals surface area contributed by atoms with Crippen LogP contribution in [0.1, 0.15) is 69.8 Å². The van der Waals surface area contributed by atoms with Crippen LogP contribution in [-0.4, -0.2) is 49.2 Å². The standard InChI is InChI=1S/C24H35ClN2O2/c25-21-9-7-8-20(18-21)24(12-16-29-17-13-24)22(28)26-19-23(10-3-1-4-11-23)27-14-5-2-6-15-27/h7-9,18H,1-6,10-17,19H2,(H,26,28). The number of halogens is 1. The highest BCUT2D eigenvalue weighted by Crippen LogP contribution is 2.38. The molecule has 4 rings (SSSR count). The molecule has 0 spiro atoms. The average Bonchev–Trinajstić information content (AvgIpc) is 2.79. The van der Waals surface area contributed by atoms with Crippen molar-refractivity contribution in [1.29, 1.82) is 0 Å². The van der Waals surface area contributed by atoms with Crippen molar-refractivity contribution in [3.8, 4) is 0 Å². The van der Waals surface area contributed by atoms with Gasteiger partial charge in [-0.05, 0) is 69.3 Å². The Bertz CT molecular complexity index is 690. The molecule has 1 N–H and O–H groups in total. The van der Waals surface area contributed by atoms with E-state index in [0.29, 0.717) is 18.2 Å². The zero-order chi connectivity index (χ0) is 20.2. The number of likely N-dealkylation sites (tertiary alicyclic amines) is 1. The molecule has 5 heteroatoms. The highest BCUT2D eigenvalue weighted by molar-refractivity contribution is 6.30. The lowest BCUT2D eigenvalue weighted by atomic mass is 9.73. The molecule has 160 valence electrons. The van der Waals surface area contributed by atoms with Gasteiger partial charge in [0.1, 0.15) is 0 Å². The smallest absolute Gasteiger partial charge is 0.230 e. The predicted octanol–water partition coefficient (Wildman–Crippen LogP) is 4.69. The normalized spacial score (nSPS) is 24.7. The molecule has 3 fully saturated rings. The average molecular weight is 419 g/mol. The number of nitrogens with zero attached hydrogens (tertiary/aromatic N) is 1. The van der Waals surface area contributed by atoms with Crippen LogP contribution in [0.25, 0.3) is 0 Å². The first-order chi connectivity index (χ1) is 14.1. The second-order valence-corrected chi connectivity index (χ2v) is 9.66. The van der Waals surface area contributed by atoms with Crippen LogP contribution in [0.3, 0.4) is 0 Å². The molecular weight excluding hydrogens is 384 g/mol. The summed E-state index contributed by atoms with van der Waals surface area (Å²) in [4.78, 5) is 16.4. The quantitative estimate of drug-likeness (QED) is 0.753.